The Balaban J connectivity index is -0.000000671. The van der Waals surface area contributed by atoms with Gasteiger partial charge in [0, 0.05) is 193 Å². The first-order chi connectivity index (χ1) is 62.3. The number of pyridine rings is 2. The number of rotatable bonds is 15. The van der Waals surface area contributed by atoms with Crippen molar-refractivity contribution in [2.45, 2.75) is 261 Å². The fourth-order valence-corrected chi connectivity index (χ4v) is 9.90. The van der Waals surface area contributed by atoms with Gasteiger partial charge < -0.3 is 56.3 Å². The van der Waals surface area contributed by atoms with Gasteiger partial charge in [0.1, 0.15) is 46.6 Å². The molecule has 2 saturated heterocycles. The maximum absolute atomic E-state index is 11.2. The van der Waals surface area contributed by atoms with E-state index in [1.54, 1.807) is 27.8 Å². The zero-order chi connectivity index (χ0) is 100. The van der Waals surface area contributed by atoms with Crippen LogP contribution in [0, 0.1) is 124 Å². The van der Waals surface area contributed by atoms with Crippen molar-refractivity contribution in [3.05, 3.63) is 243 Å². The number of carbonyl (C=O) groups is 6. The molecule has 2 fully saturated rings. The Morgan fingerprint density at radius 3 is 0.977 bits per heavy atom. The highest BCUT2D eigenvalue weighted by Gasteiger charge is 2.38. The van der Waals surface area contributed by atoms with Gasteiger partial charge in [-0.3, -0.25) is 29.1 Å². The van der Waals surface area contributed by atoms with Crippen LogP contribution >= 0.6 is 0 Å². The molecule has 0 radical (unpaired) electrons. The predicted octanol–water partition coefficient (Wildman–Crippen LogP) is 21.1. The molecule has 0 saturated carbocycles. The summed E-state index contributed by atoms with van der Waals surface area (Å²) in [5.74, 6) is 4.44. The molecule has 9 aromatic rings. The summed E-state index contributed by atoms with van der Waals surface area (Å²) in [6.07, 6.45) is 12.9. The summed E-state index contributed by atoms with van der Waals surface area (Å²) in [6.45, 7) is 66.5. The van der Waals surface area contributed by atoms with Crippen LogP contribution in [0.5, 0.6) is 0 Å². The van der Waals surface area contributed by atoms with Gasteiger partial charge in [-0.25, -0.2) is 39.5 Å². The number of nitrogens with zero attached hydrogens (tertiary/aromatic N) is 17. The summed E-state index contributed by atoms with van der Waals surface area (Å²) in [7, 11) is 7.55. The Kier molecular flexibility index (Phi) is 69.7. The molecule has 0 bridgehead atoms. The zero-order valence-corrected chi connectivity index (χ0v) is 85.7. The number of hydroxylamine groups is 4. The van der Waals surface area contributed by atoms with Gasteiger partial charge in [0.2, 0.25) is 11.9 Å². The number of hydrogen-bond acceptors (Lipinski definition) is 29. The number of aromatic nitrogens is 12. The van der Waals surface area contributed by atoms with Crippen molar-refractivity contribution < 1.29 is 38.4 Å². The average molecular weight is 1830 g/mol. The standard InChI is InChI=1S/C9H14N2.C9H9N.C8H13N3.C8H12N2.C8H11NO4.2C8H10.C7H12N4.C7H11N3.C7H9NO4.C6H10N4.C4H7N.C3H5N.4C2H6.CH4/c1-4-10-9-5-7(2)11-8(3)6-9;1-8-2-4-9(5-3-8)10-6-7-10;1-4-9-8-5-6(2)10-7(3)11-8;1-6-4-8(9-3)5-7(2)10-6;1-3-7(11)13-9-6(10)4-5(2)8(9)12;2*1-7-3-5-8(2)6-4-7;1-4-8-7-10-5(2)9-6(3)11-7;1-5-4-7(8-3)10-6(2)9-5;1-2-7(11)12-8-5(9)3-4-6(8)10;1-4-8-5(2)10-6(7-3)9-4;1-2-5-3-4-5;1-4-2-3-4;4*1-2;/h5-6H,4H2,1-3H3,(H,10,11);2-7H,1H3;5H,4H2,1-3H3,(H,9,10,11);4-5H,1-3H3,(H,9,10);5H,3-4H2,1-2H3;2*3-6H,1-2H3;4H2,1-3H3,(H,8,9,10,11);4H,1-3H3,(H,8,9,10);2-4H2,1H3;1-3H3,(H,7,8,9,10);3-4H,2H2,1H3;2-3H,1H3;4*1-2H3;1H4. The molecule has 0 aliphatic carbocycles. The second-order valence-electron chi connectivity index (χ2n) is 28.3. The molecule has 5 aliphatic heterocycles. The van der Waals surface area contributed by atoms with E-state index in [4.69, 9.17) is 0 Å². The quantitative estimate of drug-likeness (QED) is 0.0519. The molecule has 3 aromatic carbocycles. The first-order valence-electron chi connectivity index (χ1n) is 45.1. The van der Waals surface area contributed by atoms with E-state index >= 15 is 0 Å². The molecule has 31 nitrogen and oxygen atoms in total. The van der Waals surface area contributed by atoms with E-state index in [2.05, 4.69) is 257 Å². The fraction of sp³-hybridized carbons (Fsp3) is 0.465. The summed E-state index contributed by atoms with van der Waals surface area (Å²) in [4.78, 5) is 130. The minimum atomic E-state index is -0.573. The first-order valence-corrected chi connectivity index (χ1v) is 45.1. The minimum absolute atomic E-state index is 0. The summed E-state index contributed by atoms with van der Waals surface area (Å²) in [5, 5.41) is 19.4. The zero-order valence-electron chi connectivity index (χ0n) is 85.7. The van der Waals surface area contributed by atoms with E-state index in [1.165, 1.54) is 33.5 Å². The van der Waals surface area contributed by atoms with Crippen molar-refractivity contribution in [1.29, 1.82) is 0 Å². The van der Waals surface area contributed by atoms with E-state index in [0.717, 1.165) is 118 Å². The molecule has 6 aromatic heterocycles. The number of aryl methyl sites for hydroxylation is 17. The molecule has 11 heterocycles. The summed E-state index contributed by atoms with van der Waals surface area (Å²) >= 11 is 0. The van der Waals surface area contributed by atoms with E-state index in [0.29, 0.717) is 22.0 Å². The van der Waals surface area contributed by atoms with Gasteiger partial charge in [-0.15, -0.1) is 10.1 Å². The SMILES string of the molecule is C.CC.CC.CC.CC.CCC(=O)ON1C(=O)CC(C)C1=O.CCC(=O)ON1C(=O)CCC1=O.CCN1C=C1.CCNc1cc(C)nc(C)c1.CCNc1cc(C)nc(C)n1.CCNc1nc(C)nc(C)n1.CN1C=C1.CNc1cc(C)nc(C)c1.CNc1cc(C)nc(C)n1.CNc1nc(C)nc(C)n1.Cc1ccc(C)cc1.Cc1ccc(C)cc1.Cc1ccc(N2C=C2)cc1. The molecule has 4 amide bonds. The van der Waals surface area contributed by atoms with E-state index < -0.39 is 35.6 Å². The molecule has 728 valence electrons. The summed E-state index contributed by atoms with van der Waals surface area (Å²) < 4.78 is 0. The molecular weight excluding hydrogens is 1660 g/mol. The third-order valence-corrected chi connectivity index (χ3v) is 16.2. The van der Waals surface area contributed by atoms with Crippen molar-refractivity contribution in [2.24, 2.45) is 5.92 Å². The van der Waals surface area contributed by atoms with Crippen LogP contribution in [0.25, 0.3) is 0 Å². The van der Waals surface area contributed by atoms with E-state index in [1.807, 2.05) is 227 Å². The third-order valence-electron chi connectivity index (χ3n) is 16.2. The first kappa shape index (κ1) is 125. The van der Waals surface area contributed by atoms with Gasteiger partial charge in [0.25, 0.3) is 23.6 Å². The largest absolute Gasteiger partial charge is 0.388 e. The molecule has 1 atom stereocenters. The Labute approximate surface area is 791 Å². The molecule has 6 N–H and O–H groups in total. The highest BCUT2D eigenvalue weighted by molar-refractivity contribution is 6.03. The third kappa shape index (κ3) is 61.3. The van der Waals surface area contributed by atoms with Gasteiger partial charge in [-0.2, -0.15) is 19.9 Å². The van der Waals surface area contributed by atoms with Gasteiger partial charge >= 0.3 is 11.9 Å². The van der Waals surface area contributed by atoms with Gasteiger partial charge in [-0.1, -0.05) is 172 Å². The summed E-state index contributed by atoms with van der Waals surface area (Å²) in [6, 6.07) is 37.4. The Morgan fingerprint density at radius 2 is 0.689 bits per heavy atom. The fourth-order valence-electron chi connectivity index (χ4n) is 9.90. The van der Waals surface area contributed by atoms with Gasteiger partial charge in [-0.05, 0) is 182 Å². The Hall–Kier alpha value is -13.2. The van der Waals surface area contributed by atoms with Crippen molar-refractivity contribution in [3.8, 4) is 0 Å². The van der Waals surface area contributed by atoms with Crippen molar-refractivity contribution in [1.82, 2.24) is 79.7 Å². The molecular formula is C101H161N23O8. The lowest BCUT2D eigenvalue weighted by Gasteiger charge is -2.11. The lowest BCUT2D eigenvalue weighted by Crippen LogP contribution is -2.32. The molecule has 14 rings (SSSR count). The number of carbonyl (C=O) groups excluding carboxylic acids is 6. The molecule has 5 aliphatic rings. The minimum Gasteiger partial charge on any atom is -0.388 e. The molecule has 31 heteroatoms. The van der Waals surface area contributed by atoms with Gasteiger partial charge in [0.15, 0.2) is 0 Å². The topological polar surface area (TPSA) is 363 Å². The van der Waals surface area contributed by atoms with Crippen LogP contribution < -0.4 is 36.8 Å². The number of imide groups is 2. The number of amides is 4. The van der Waals surface area contributed by atoms with Crippen LogP contribution in [0.15, 0.2) is 146 Å². The average Bonchev–Trinajstić information content (AvgIpc) is 2.18. The Bertz CT molecular complexity index is 4330. The smallest absolute Gasteiger partial charge is 0.332 e. The van der Waals surface area contributed by atoms with Crippen LogP contribution in [0.1, 0.15) is 240 Å². The Morgan fingerprint density at radius 1 is 0.364 bits per heavy atom. The lowest BCUT2D eigenvalue weighted by atomic mass is 10.1. The second-order valence-corrected chi connectivity index (χ2v) is 28.3. The molecule has 1 unspecified atom stereocenters. The van der Waals surface area contributed by atoms with Crippen LogP contribution in [0.3, 0.4) is 0 Å². The monoisotopic (exact) mass is 1820 g/mol. The van der Waals surface area contributed by atoms with E-state index in [-0.39, 0.29) is 45.4 Å². The van der Waals surface area contributed by atoms with E-state index in [9.17, 15) is 28.8 Å². The van der Waals surface area contributed by atoms with Crippen LogP contribution in [0.2, 0.25) is 0 Å². The van der Waals surface area contributed by atoms with Crippen molar-refractivity contribution in [2.75, 3.05) is 91.2 Å². The number of nitrogens with one attached hydrogen (secondary N) is 6. The van der Waals surface area contributed by atoms with Crippen LogP contribution in [-0.4, -0.2) is 170 Å². The maximum atomic E-state index is 11.2. The predicted molar refractivity (Wildman–Crippen MR) is 545 cm³/mol. The van der Waals surface area contributed by atoms with Crippen molar-refractivity contribution >= 4 is 76.2 Å². The van der Waals surface area contributed by atoms with Crippen molar-refractivity contribution in [3.63, 3.8) is 0 Å². The normalized spacial score (nSPS) is 11.8. The number of benzene rings is 3. The lowest BCUT2D eigenvalue weighted by molar-refractivity contribution is -0.197. The van der Waals surface area contributed by atoms with Gasteiger partial charge in [0.05, 0.1) is 0 Å². The number of anilines is 7. The maximum Gasteiger partial charge on any atom is 0.332 e. The summed E-state index contributed by atoms with van der Waals surface area (Å²) in [5.41, 5.74) is 16.4. The molecule has 0 spiro atoms. The number of hydrogen-bond donors (Lipinski definition) is 6. The second kappa shape index (κ2) is 73.5. The molecule has 132 heavy (non-hydrogen) atoms. The highest BCUT2D eigenvalue weighted by atomic mass is 16.7. The highest BCUT2D eigenvalue weighted by Crippen LogP contribution is 2.23. The van der Waals surface area contributed by atoms with Crippen LogP contribution in [-0.2, 0) is 38.4 Å². The van der Waals surface area contributed by atoms with Crippen LogP contribution in [0.4, 0.5) is 40.6 Å².